The van der Waals surface area contributed by atoms with Gasteiger partial charge in [-0.1, -0.05) is 55.7 Å². The van der Waals surface area contributed by atoms with Gasteiger partial charge in [-0.25, -0.2) is 0 Å². The third kappa shape index (κ3) is 11.7. The smallest absolute Gasteiger partial charge is 0.799 e. The Morgan fingerprint density at radius 2 is 1.56 bits per heavy atom. The van der Waals surface area contributed by atoms with Crippen LogP contribution in [0.15, 0.2) is 60.0 Å². The maximum Gasteiger partial charge on any atom is 1.00 e. The quantitative estimate of drug-likeness (QED) is 0.0529. The second kappa shape index (κ2) is 21.1. The number of carbonyl (C=O) groups is 3. The van der Waals surface area contributed by atoms with Crippen molar-refractivity contribution in [3.63, 3.8) is 0 Å². The second-order valence-corrected chi connectivity index (χ2v) is 21.5. The zero-order valence-electron chi connectivity index (χ0n) is 35.0. The summed E-state index contributed by atoms with van der Waals surface area (Å²) in [5.74, 6) is 3.40. The third-order valence-electron chi connectivity index (χ3n) is 14.2. The zero-order valence-corrected chi connectivity index (χ0v) is 38.7. The van der Waals surface area contributed by atoms with Gasteiger partial charge in [0.2, 0.25) is 5.91 Å². The molecule has 0 saturated heterocycles. The van der Waals surface area contributed by atoms with Crippen molar-refractivity contribution in [2.75, 3.05) is 12.8 Å². The van der Waals surface area contributed by atoms with Gasteiger partial charge in [0, 0.05) is 41.3 Å². The van der Waals surface area contributed by atoms with Gasteiger partial charge in [0.15, 0.2) is 0 Å². The number of aliphatic carboxylic acids is 1. The Balaban J connectivity index is 0.000000195. The zero-order chi connectivity index (χ0) is 40.8. The van der Waals surface area contributed by atoms with Crippen LogP contribution < -0.4 is 45.1 Å². The summed E-state index contributed by atoms with van der Waals surface area (Å²) in [7, 11) is -3.14. The van der Waals surface area contributed by atoms with Crippen LogP contribution in [0.5, 0.6) is 5.75 Å². The minimum Gasteiger partial charge on any atom is -0.799 e. The number of aryl methyl sites for hydroxylation is 1. The summed E-state index contributed by atoms with van der Waals surface area (Å²) in [6.07, 6.45) is 21.8. The first-order chi connectivity index (χ1) is 27.9. The number of benzene rings is 2. The molecule has 8 unspecified atom stereocenters. The van der Waals surface area contributed by atoms with Crippen molar-refractivity contribution in [3.05, 3.63) is 76.7 Å². The predicted octanol–water partition coefficient (Wildman–Crippen LogP) is 6.42. The Morgan fingerprint density at radius 1 is 0.864 bits per heavy atom. The first-order valence-corrected chi connectivity index (χ1v) is 25.1. The number of thiophene rings is 1. The van der Waals surface area contributed by atoms with Gasteiger partial charge in [0.25, 0.3) is 5.91 Å². The molecule has 1 aromatic heterocycles. The van der Waals surface area contributed by atoms with E-state index in [4.69, 9.17) is 5.11 Å². The number of nitrogens with one attached hydrogen (secondary N) is 2. The molecule has 5 aliphatic rings. The van der Waals surface area contributed by atoms with Gasteiger partial charge in [-0.3, -0.25) is 14.4 Å². The molecule has 0 aliphatic heterocycles. The number of rotatable bonds is 17. The standard InChI is InChI=1S/C24H34NO3P.C23H29NO4S.Na/c1-29(27,28)15-7-3-2-4-10-21-18-11-12-19(16-18)23(21)25-24(26)22-14-13-17-8-5-6-9-20(17)22;25-16-9-10-20-18(12-16)19(13-29-20)23(28)24-22-15-8-7-14(11-15)17(22)5-3-1-2-4-6-21(26)27;/h2,4-6,8-9,18-19,21-23H,3,7,10-16H2,1H3,(H,25,26)(H,27,28);9-10,12-15,17,22,25H,1-8,11H2,(H,24,28)(H,26,27);/q;;+1/p-1/b4-2-;;/t18?,19-,21?,22?,23?;14?,15-,17?,22?;/m00./s1. The molecule has 59 heavy (non-hydrogen) atoms. The first kappa shape index (κ1) is 46.1. The van der Waals surface area contributed by atoms with Crippen LogP contribution in [-0.2, 0) is 20.6 Å². The fourth-order valence-electron chi connectivity index (χ4n) is 11.4. The minimum atomic E-state index is -3.14. The second-order valence-electron chi connectivity index (χ2n) is 18.1. The van der Waals surface area contributed by atoms with Crippen molar-refractivity contribution in [1.82, 2.24) is 10.6 Å². The molecule has 2 amide bonds. The molecule has 0 spiro atoms. The van der Waals surface area contributed by atoms with E-state index in [1.807, 2.05) is 17.5 Å². The largest absolute Gasteiger partial charge is 1.00 e. The molecular weight excluding hydrogens is 791 g/mol. The van der Waals surface area contributed by atoms with Crippen molar-refractivity contribution in [2.24, 2.45) is 35.5 Å². The number of unbranched alkanes of at least 4 members (excludes halogenated alkanes) is 4. The number of phenolic OH excluding ortho intramolecular Hbond substituents is 1. The van der Waals surface area contributed by atoms with Crippen LogP contribution in [0.3, 0.4) is 0 Å². The van der Waals surface area contributed by atoms with E-state index < -0.39 is 13.3 Å². The Morgan fingerprint density at radius 3 is 2.31 bits per heavy atom. The number of fused-ring (bicyclic) bond motifs is 6. The Bertz CT molecular complexity index is 2000. The summed E-state index contributed by atoms with van der Waals surface area (Å²) < 4.78 is 12.3. The topological polar surface area (TPSA) is 156 Å². The van der Waals surface area contributed by atoms with E-state index in [1.165, 1.54) is 67.7 Å². The molecule has 0 radical (unpaired) electrons. The van der Waals surface area contributed by atoms with Crippen molar-refractivity contribution in [1.29, 1.82) is 0 Å². The van der Waals surface area contributed by atoms with Gasteiger partial charge in [0.05, 0.1) is 11.5 Å². The van der Waals surface area contributed by atoms with Crippen LogP contribution in [0, 0.1) is 35.5 Å². The number of amides is 2. The van der Waals surface area contributed by atoms with Gasteiger partial charge in [-0.15, -0.1) is 11.3 Å². The van der Waals surface area contributed by atoms with E-state index in [0.717, 1.165) is 73.8 Å². The number of aromatic hydroxyl groups is 1. The molecule has 10 atom stereocenters. The predicted molar refractivity (Wildman–Crippen MR) is 230 cm³/mol. The normalized spacial score (nSPS) is 28.5. The van der Waals surface area contributed by atoms with E-state index in [2.05, 4.69) is 41.0 Å². The Hall–Kier alpha value is -2.46. The van der Waals surface area contributed by atoms with Crippen LogP contribution in [0.1, 0.15) is 130 Å². The molecule has 8 rings (SSSR count). The SMILES string of the molecule is CP(=O)([O-])CCC/C=C\CC1C2CC[C@@H](C2)C1NC(=O)C1CCc2ccccc21.O=C(O)CCCCCCC1C2CC[C@@H](C2)C1NC(=O)c1csc2ccc(O)cc12.[Na+]. The van der Waals surface area contributed by atoms with Crippen LogP contribution >= 0.6 is 18.7 Å². The molecule has 9 nitrogen and oxygen atoms in total. The Kier molecular flexibility index (Phi) is 16.4. The number of hydrogen-bond donors (Lipinski definition) is 4. The van der Waals surface area contributed by atoms with E-state index >= 15 is 0 Å². The summed E-state index contributed by atoms with van der Waals surface area (Å²) >= 11 is 1.53. The molecule has 12 heteroatoms. The van der Waals surface area contributed by atoms with Crippen molar-refractivity contribution >= 4 is 46.6 Å². The van der Waals surface area contributed by atoms with Crippen LogP contribution in [-0.4, -0.2) is 52.9 Å². The number of carboxylic acid groups (broad SMARTS) is 1. The summed E-state index contributed by atoms with van der Waals surface area (Å²) in [4.78, 5) is 48.0. The molecule has 2 aromatic carbocycles. The number of carboxylic acids is 1. The molecule has 4 N–H and O–H groups in total. The molecule has 5 aliphatic carbocycles. The van der Waals surface area contributed by atoms with Crippen LogP contribution in [0.25, 0.3) is 10.1 Å². The third-order valence-corrected chi connectivity index (χ3v) is 16.3. The van der Waals surface area contributed by atoms with E-state index in [9.17, 15) is 28.9 Å². The Labute approximate surface area is 376 Å². The van der Waals surface area contributed by atoms with Gasteiger partial charge in [0.1, 0.15) is 5.75 Å². The number of phenols is 1. The molecule has 1 heterocycles. The average Bonchev–Trinajstić information content (AvgIpc) is 4.05. The average molecular weight is 853 g/mol. The van der Waals surface area contributed by atoms with E-state index in [-0.39, 0.29) is 71.7 Å². The van der Waals surface area contributed by atoms with Crippen LogP contribution in [0.4, 0.5) is 0 Å². The molecule has 314 valence electrons. The monoisotopic (exact) mass is 852 g/mol. The maximum absolute atomic E-state index is 13.1. The molecule has 3 aromatic rings. The summed E-state index contributed by atoms with van der Waals surface area (Å²) in [6, 6.07) is 14.1. The number of allylic oxidation sites excluding steroid dienone is 2. The van der Waals surface area contributed by atoms with Crippen molar-refractivity contribution in [2.45, 2.75) is 127 Å². The van der Waals surface area contributed by atoms with Crippen LogP contribution in [0.2, 0.25) is 0 Å². The number of hydrogen-bond acceptors (Lipinski definition) is 7. The molecule has 4 fully saturated rings. The van der Waals surface area contributed by atoms with E-state index in [0.29, 0.717) is 47.6 Å². The maximum atomic E-state index is 13.1. The summed E-state index contributed by atoms with van der Waals surface area (Å²) in [6.45, 7) is 1.32. The fraction of sp³-hybridized carbons (Fsp3) is 0.596. The summed E-state index contributed by atoms with van der Waals surface area (Å²) in [5, 5.41) is 28.1. The van der Waals surface area contributed by atoms with Gasteiger partial charge >= 0.3 is 35.5 Å². The summed E-state index contributed by atoms with van der Waals surface area (Å²) in [5.41, 5.74) is 3.21. The molecular formula is C47H62N2NaO7PS. The van der Waals surface area contributed by atoms with Crippen molar-refractivity contribution in [3.8, 4) is 5.75 Å². The fourth-order valence-corrected chi connectivity index (χ4v) is 13.1. The minimum absolute atomic E-state index is 0. The van der Waals surface area contributed by atoms with E-state index in [1.54, 1.807) is 12.1 Å². The first-order valence-electron chi connectivity index (χ1n) is 22.0. The number of carbonyl (C=O) groups excluding carboxylic acids is 2. The molecule has 4 saturated carbocycles. The van der Waals surface area contributed by atoms with Gasteiger partial charge < -0.3 is 30.3 Å². The molecule has 4 bridgehead atoms. The van der Waals surface area contributed by atoms with Crippen molar-refractivity contribution < 1.29 is 63.6 Å². The van der Waals surface area contributed by atoms with Gasteiger partial charge in [-0.05, 0) is 161 Å². The van der Waals surface area contributed by atoms with Gasteiger partial charge in [-0.2, -0.15) is 0 Å².